The van der Waals surface area contributed by atoms with E-state index in [1.165, 1.54) is 21.3 Å². The van der Waals surface area contributed by atoms with E-state index in [0.29, 0.717) is 9.20 Å². The maximum absolute atomic E-state index is 12.7. The molecule has 168 valence electrons. The second-order valence-corrected chi connectivity index (χ2v) is 10.9. The summed E-state index contributed by atoms with van der Waals surface area (Å²) in [6.07, 6.45) is 3.64. The van der Waals surface area contributed by atoms with Crippen LogP contribution < -0.4 is 19.7 Å². The number of nitrogens with zero attached hydrogens (tertiary/aromatic N) is 5. The Kier molecular flexibility index (Phi) is 6.18. The standard InChI is InChI=1S/C27H17N5OSSe/c1-31-26(33)23(34-27(31)20(16-28)17-29)15-22-11-12-25(35-22)32(24-8-4-5-13-30-24)21-10-9-18-6-2-3-7-19(18)14-21/h2-15H,1H3/b23-15+. The summed E-state index contributed by atoms with van der Waals surface area (Å²) in [5.41, 5.74) is 0.743. The zero-order chi connectivity index (χ0) is 24.4. The molecule has 0 aliphatic carbocycles. The van der Waals surface area contributed by atoms with E-state index in [2.05, 4.69) is 46.3 Å². The van der Waals surface area contributed by atoms with Crippen LogP contribution in [-0.4, -0.2) is 24.1 Å². The number of benzene rings is 2. The number of aromatic nitrogens is 2. The fraction of sp³-hybridized carbons (Fsp3) is 0.0370. The molecule has 3 aromatic heterocycles. The molecule has 0 fully saturated rings. The number of fused-ring (bicyclic) bond motifs is 1. The minimum atomic E-state index is -0.214. The summed E-state index contributed by atoms with van der Waals surface area (Å²) in [7, 11) is 1.58. The van der Waals surface area contributed by atoms with E-state index in [9.17, 15) is 15.3 Å². The Balaban J connectivity index is 1.63. The number of pyridine rings is 1. The Morgan fingerprint density at radius 2 is 1.80 bits per heavy atom. The third-order valence-electron chi connectivity index (χ3n) is 5.44. The molecule has 35 heavy (non-hydrogen) atoms. The number of hydrogen-bond acceptors (Lipinski definition) is 6. The average molecular weight is 538 g/mol. The molecule has 5 aromatic rings. The van der Waals surface area contributed by atoms with Crippen molar-refractivity contribution < 1.29 is 0 Å². The summed E-state index contributed by atoms with van der Waals surface area (Å²) < 4.78 is 4.35. The van der Waals surface area contributed by atoms with Gasteiger partial charge in [0.1, 0.15) is 0 Å². The normalized spacial score (nSPS) is 11.2. The fourth-order valence-corrected chi connectivity index (χ4v) is 7.01. The summed E-state index contributed by atoms with van der Waals surface area (Å²) in [4.78, 5) is 19.5. The van der Waals surface area contributed by atoms with Gasteiger partial charge in [0, 0.05) is 0 Å². The first-order chi connectivity index (χ1) is 17.1. The van der Waals surface area contributed by atoms with E-state index in [0.717, 1.165) is 25.9 Å². The summed E-state index contributed by atoms with van der Waals surface area (Å²) in [5, 5.41) is 20.7. The molecule has 8 heteroatoms. The van der Waals surface area contributed by atoms with Crippen molar-refractivity contribution in [2.24, 2.45) is 7.05 Å². The number of thiazole rings is 1. The third-order valence-corrected chi connectivity index (χ3v) is 8.76. The van der Waals surface area contributed by atoms with Gasteiger partial charge in [-0.2, -0.15) is 0 Å². The molecular weight excluding hydrogens is 521 g/mol. The second-order valence-electron chi connectivity index (χ2n) is 7.61. The maximum atomic E-state index is 12.7. The van der Waals surface area contributed by atoms with Crippen LogP contribution in [0.15, 0.2) is 83.8 Å². The molecule has 0 spiro atoms. The molecule has 3 heterocycles. The zero-order valence-electron chi connectivity index (χ0n) is 18.5. The predicted molar refractivity (Wildman–Crippen MR) is 140 cm³/mol. The van der Waals surface area contributed by atoms with Gasteiger partial charge in [-0.3, -0.25) is 0 Å². The van der Waals surface area contributed by atoms with Crippen LogP contribution in [-0.2, 0) is 7.05 Å². The van der Waals surface area contributed by atoms with Crippen LogP contribution in [0.2, 0.25) is 0 Å². The zero-order valence-corrected chi connectivity index (χ0v) is 21.1. The second kappa shape index (κ2) is 9.58. The van der Waals surface area contributed by atoms with Crippen LogP contribution in [0.1, 0.15) is 4.44 Å². The number of rotatable bonds is 4. The van der Waals surface area contributed by atoms with Gasteiger partial charge in [0.25, 0.3) is 0 Å². The number of anilines is 3. The molecule has 0 saturated heterocycles. The Morgan fingerprint density at radius 3 is 2.54 bits per heavy atom. The van der Waals surface area contributed by atoms with Gasteiger partial charge in [-0.25, -0.2) is 0 Å². The fourth-order valence-electron chi connectivity index (χ4n) is 3.75. The van der Waals surface area contributed by atoms with Crippen molar-refractivity contribution in [3.8, 4) is 12.1 Å². The van der Waals surface area contributed by atoms with Crippen molar-refractivity contribution in [1.29, 1.82) is 10.5 Å². The van der Waals surface area contributed by atoms with Crippen molar-refractivity contribution in [3.63, 3.8) is 0 Å². The van der Waals surface area contributed by atoms with Crippen LogP contribution in [0.3, 0.4) is 0 Å². The van der Waals surface area contributed by atoms with Gasteiger partial charge < -0.3 is 0 Å². The summed E-state index contributed by atoms with van der Waals surface area (Å²) in [6.45, 7) is 0. The summed E-state index contributed by atoms with van der Waals surface area (Å²) >= 11 is 1.08. The van der Waals surface area contributed by atoms with Crippen LogP contribution in [0.5, 0.6) is 0 Å². The summed E-state index contributed by atoms with van der Waals surface area (Å²) in [6, 6.07) is 28.3. The first-order valence-electron chi connectivity index (χ1n) is 10.6. The molecule has 6 nitrogen and oxygen atoms in total. The molecule has 0 atom stereocenters. The molecule has 0 saturated carbocycles. The van der Waals surface area contributed by atoms with Crippen LogP contribution in [0.25, 0.3) is 22.4 Å². The molecule has 0 N–H and O–H groups in total. The van der Waals surface area contributed by atoms with Crippen molar-refractivity contribution in [1.82, 2.24) is 9.55 Å². The Morgan fingerprint density at radius 1 is 1.03 bits per heavy atom. The molecule has 0 unspecified atom stereocenters. The predicted octanol–water partition coefficient (Wildman–Crippen LogP) is 3.55. The van der Waals surface area contributed by atoms with Gasteiger partial charge in [0.15, 0.2) is 0 Å². The van der Waals surface area contributed by atoms with Gasteiger partial charge in [-0.1, -0.05) is 0 Å². The van der Waals surface area contributed by atoms with E-state index in [1.807, 2.05) is 54.6 Å². The molecule has 0 aliphatic heterocycles. The molecule has 0 bridgehead atoms. The van der Waals surface area contributed by atoms with Gasteiger partial charge in [0.05, 0.1) is 0 Å². The van der Waals surface area contributed by atoms with Gasteiger partial charge in [-0.15, -0.1) is 0 Å². The quantitative estimate of drug-likeness (QED) is 0.327. The van der Waals surface area contributed by atoms with Crippen LogP contribution >= 0.6 is 11.3 Å². The molecule has 0 amide bonds. The number of hydrogen-bond donors (Lipinski definition) is 0. The van der Waals surface area contributed by atoms with Gasteiger partial charge >= 0.3 is 211 Å². The monoisotopic (exact) mass is 539 g/mol. The molecule has 5 rings (SSSR count). The van der Waals surface area contributed by atoms with E-state index >= 15 is 0 Å². The van der Waals surface area contributed by atoms with Gasteiger partial charge in [-0.05, 0) is 0 Å². The summed E-state index contributed by atoms with van der Waals surface area (Å²) in [5.74, 6) is 0.821. The van der Waals surface area contributed by atoms with E-state index < -0.39 is 0 Å². The molecule has 0 radical (unpaired) electrons. The van der Waals surface area contributed by atoms with Crippen LogP contribution in [0.4, 0.5) is 16.1 Å². The SMILES string of the molecule is Cn1c(=C(C#N)C#N)s/c(=C/c2ccc(N(c3ccc4ccccc4c3)c3ccccn3)[se]2)c1=O. The molecule has 2 aromatic carbocycles. The molecule has 0 aliphatic rings. The third kappa shape index (κ3) is 4.35. The first-order valence-corrected chi connectivity index (χ1v) is 13.1. The van der Waals surface area contributed by atoms with Crippen molar-refractivity contribution in [2.75, 3.05) is 4.90 Å². The Bertz CT molecular complexity index is 1800. The van der Waals surface area contributed by atoms with Crippen molar-refractivity contribution in [3.05, 3.63) is 103 Å². The van der Waals surface area contributed by atoms with E-state index in [1.54, 1.807) is 13.2 Å². The molecular formula is C27H17N5OSSe. The van der Waals surface area contributed by atoms with Crippen LogP contribution in [0, 0.1) is 22.7 Å². The Labute approximate surface area is 210 Å². The topological polar surface area (TPSA) is 85.7 Å². The average Bonchev–Trinajstić information content (AvgIpc) is 3.46. The van der Waals surface area contributed by atoms with Crippen molar-refractivity contribution in [2.45, 2.75) is 0 Å². The van der Waals surface area contributed by atoms with Gasteiger partial charge in [0.2, 0.25) is 0 Å². The number of nitriles is 2. The van der Waals surface area contributed by atoms with E-state index in [-0.39, 0.29) is 25.6 Å². The minimum absolute atomic E-state index is 0.0587. The first kappa shape index (κ1) is 22.6. The van der Waals surface area contributed by atoms with E-state index in [4.69, 9.17) is 0 Å². The Hall–Kier alpha value is -4.20. The van der Waals surface area contributed by atoms with Crippen molar-refractivity contribution >= 4 is 64.3 Å².